The molecule has 84 valence electrons. The van der Waals surface area contributed by atoms with E-state index in [2.05, 4.69) is 9.97 Å². The van der Waals surface area contributed by atoms with Gasteiger partial charge in [0.2, 0.25) is 0 Å². The first-order valence-electron chi connectivity index (χ1n) is 4.93. The second-order valence-electron chi connectivity index (χ2n) is 3.70. The van der Waals surface area contributed by atoms with Gasteiger partial charge in [-0.1, -0.05) is 11.6 Å². The van der Waals surface area contributed by atoms with Crippen LogP contribution in [0.4, 0.5) is 0 Å². The van der Waals surface area contributed by atoms with E-state index in [1.807, 2.05) is 13.0 Å². The number of hydrogen-bond acceptors (Lipinski definition) is 2. The number of aromatic amines is 1. The smallest absolute Gasteiger partial charge is 0.303 e. The summed E-state index contributed by atoms with van der Waals surface area (Å²) in [4.78, 5) is 17.9. The van der Waals surface area contributed by atoms with Crippen molar-refractivity contribution in [3.05, 3.63) is 28.5 Å². The molecule has 2 N–H and O–H groups in total. The Morgan fingerprint density at radius 2 is 2.31 bits per heavy atom. The maximum absolute atomic E-state index is 10.4. The average Bonchev–Trinajstić information content (AvgIpc) is 2.57. The summed E-state index contributed by atoms with van der Waals surface area (Å²) < 4.78 is 0. The molecule has 1 aromatic carbocycles. The van der Waals surface area contributed by atoms with Gasteiger partial charge in [-0.05, 0) is 24.6 Å². The summed E-state index contributed by atoms with van der Waals surface area (Å²) in [6.45, 7) is 1.93. The molecule has 0 saturated heterocycles. The molecule has 0 radical (unpaired) electrons. The third-order valence-electron chi connectivity index (χ3n) is 2.37. The lowest BCUT2D eigenvalue weighted by Crippen LogP contribution is -1.98. The fourth-order valence-corrected chi connectivity index (χ4v) is 1.91. The molecule has 0 spiro atoms. The van der Waals surface area contributed by atoms with Crippen LogP contribution in [-0.4, -0.2) is 21.0 Å². The highest BCUT2D eigenvalue weighted by Crippen LogP contribution is 2.21. The maximum Gasteiger partial charge on any atom is 0.303 e. The Bertz CT molecular complexity index is 548. The zero-order chi connectivity index (χ0) is 11.7. The normalized spacial score (nSPS) is 10.9. The Balaban J connectivity index is 2.36. The lowest BCUT2D eigenvalue weighted by molar-refractivity contribution is -0.137. The van der Waals surface area contributed by atoms with Gasteiger partial charge < -0.3 is 10.1 Å². The summed E-state index contributed by atoms with van der Waals surface area (Å²) in [6, 6.07) is 3.63. The number of nitrogens with zero attached hydrogens (tertiary/aromatic N) is 1. The van der Waals surface area contributed by atoms with Crippen LogP contribution in [0.15, 0.2) is 12.1 Å². The molecule has 0 unspecified atom stereocenters. The van der Waals surface area contributed by atoms with Crippen LogP contribution < -0.4 is 0 Å². The van der Waals surface area contributed by atoms with Crippen molar-refractivity contribution < 1.29 is 9.90 Å². The van der Waals surface area contributed by atoms with Crippen molar-refractivity contribution >= 4 is 28.6 Å². The van der Waals surface area contributed by atoms with Crippen LogP contribution >= 0.6 is 11.6 Å². The highest BCUT2D eigenvalue weighted by atomic mass is 35.5. The summed E-state index contributed by atoms with van der Waals surface area (Å²) >= 11 is 5.92. The van der Waals surface area contributed by atoms with E-state index in [0.717, 1.165) is 16.6 Å². The first-order valence-corrected chi connectivity index (χ1v) is 5.30. The van der Waals surface area contributed by atoms with Crippen LogP contribution in [0, 0.1) is 6.92 Å². The van der Waals surface area contributed by atoms with E-state index in [9.17, 15) is 4.79 Å². The maximum atomic E-state index is 10.4. The largest absolute Gasteiger partial charge is 0.481 e. The van der Waals surface area contributed by atoms with Crippen molar-refractivity contribution in [1.82, 2.24) is 9.97 Å². The van der Waals surface area contributed by atoms with Crippen molar-refractivity contribution in [3.63, 3.8) is 0 Å². The average molecular weight is 239 g/mol. The number of rotatable bonds is 3. The van der Waals surface area contributed by atoms with E-state index in [-0.39, 0.29) is 6.42 Å². The van der Waals surface area contributed by atoms with Gasteiger partial charge in [0.1, 0.15) is 5.82 Å². The highest BCUT2D eigenvalue weighted by molar-refractivity contribution is 6.31. The molecule has 16 heavy (non-hydrogen) atoms. The van der Waals surface area contributed by atoms with E-state index in [1.165, 1.54) is 0 Å². The molecule has 1 heterocycles. The number of halogens is 1. The van der Waals surface area contributed by atoms with Gasteiger partial charge in [0.15, 0.2) is 0 Å². The second kappa shape index (κ2) is 4.14. The van der Waals surface area contributed by atoms with E-state index in [0.29, 0.717) is 17.3 Å². The third-order valence-corrected chi connectivity index (χ3v) is 2.58. The Hall–Kier alpha value is -1.55. The van der Waals surface area contributed by atoms with Crippen molar-refractivity contribution in [3.8, 4) is 0 Å². The summed E-state index contributed by atoms with van der Waals surface area (Å²) in [7, 11) is 0. The molecule has 0 aliphatic rings. The molecule has 0 amide bonds. The van der Waals surface area contributed by atoms with E-state index < -0.39 is 5.97 Å². The number of fused-ring (bicyclic) bond motifs is 1. The number of benzene rings is 1. The van der Waals surface area contributed by atoms with Crippen LogP contribution in [0.2, 0.25) is 5.02 Å². The standard InChI is InChI=1S/C11H11ClN2O2/c1-6-4-7(12)5-8-11(6)14-9(13-8)2-3-10(15)16/h4-5H,2-3H2,1H3,(H,13,14)(H,15,16). The van der Waals surface area contributed by atoms with Gasteiger partial charge >= 0.3 is 5.97 Å². The number of aliphatic carboxylic acids is 1. The Morgan fingerprint density at radius 1 is 1.56 bits per heavy atom. The van der Waals surface area contributed by atoms with Crippen LogP contribution in [0.25, 0.3) is 11.0 Å². The summed E-state index contributed by atoms with van der Waals surface area (Å²) in [5, 5.41) is 9.24. The molecule has 2 aromatic rings. The molecule has 1 aromatic heterocycles. The summed E-state index contributed by atoms with van der Waals surface area (Å²) in [6.07, 6.45) is 0.480. The van der Waals surface area contributed by atoms with Gasteiger partial charge in [-0.3, -0.25) is 4.79 Å². The molecule has 2 rings (SSSR count). The van der Waals surface area contributed by atoms with Gasteiger partial charge in [-0.15, -0.1) is 0 Å². The van der Waals surface area contributed by atoms with Gasteiger partial charge in [0.25, 0.3) is 0 Å². The van der Waals surface area contributed by atoms with Crippen LogP contribution in [0.3, 0.4) is 0 Å². The zero-order valence-corrected chi connectivity index (χ0v) is 9.51. The first-order chi connectivity index (χ1) is 7.56. The van der Waals surface area contributed by atoms with Crippen LogP contribution in [-0.2, 0) is 11.2 Å². The fraction of sp³-hybridized carbons (Fsp3) is 0.273. The molecule has 0 aliphatic carbocycles. The fourth-order valence-electron chi connectivity index (χ4n) is 1.64. The van der Waals surface area contributed by atoms with Crippen molar-refractivity contribution in [2.75, 3.05) is 0 Å². The first kappa shape index (κ1) is 11.0. The monoisotopic (exact) mass is 238 g/mol. The van der Waals surface area contributed by atoms with Crippen molar-refractivity contribution in [2.45, 2.75) is 19.8 Å². The molecule has 0 bridgehead atoms. The molecule has 5 heteroatoms. The van der Waals surface area contributed by atoms with Gasteiger partial charge in [-0.2, -0.15) is 0 Å². The number of imidazole rings is 1. The lowest BCUT2D eigenvalue weighted by atomic mass is 10.2. The number of carbonyl (C=O) groups is 1. The molecule has 0 aliphatic heterocycles. The predicted molar refractivity (Wildman–Crippen MR) is 61.8 cm³/mol. The molecular formula is C11H11ClN2O2. The van der Waals surface area contributed by atoms with Gasteiger partial charge in [0.05, 0.1) is 17.5 Å². The predicted octanol–water partition coefficient (Wildman–Crippen LogP) is 2.54. The Kier molecular flexibility index (Phi) is 2.83. The number of carboxylic acids is 1. The molecule has 0 atom stereocenters. The van der Waals surface area contributed by atoms with Gasteiger partial charge in [0, 0.05) is 11.4 Å². The minimum atomic E-state index is -0.824. The van der Waals surface area contributed by atoms with Crippen LogP contribution in [0.1, 0.15) is 17.8 Å². The highest BCUT2D eigenvalue weighted by Gasteiger charge is 2.07. The molecule has 0 saturated carbocycles. The number of aryl methyl sites for hydroxylation is 2. The molecular weight excluding hydrogens is 228 g/mol. The number of hydrogen-bond donors (Lipinski definition) is 2. The third kappa shape index (κ3) is 2.17. The summed E-state index contributed by atoms with van der Waals surface area (Å²) in [5.74, 6) is -0.141. The number of nitrogens with one attached hydrogen (secondary N) is 1. The van der Waals surface area contributed by atoms with Gasteiger partial charge in [-0.25, -0.2) is 4.98 Å². The van der Waals surface area contributed by atoms with E-state index in [4.69, 9.17) is 16.7 Å². The van der Waals surface area contributed by atoms with Crippen LogP contribution in [0.5, 0.6) is 0 Å². The van der Waals surface area contributed by atoms with Crippen molar-refractivity contribution in [2.24, 2.45) is 0 Å². The topological polar surface area (TPSA) is 66.0 Å². The Labute approximate surface area is 97.3 Å². The van der Waals surface area contributed by atoms with E-state index in [1.54, 1.807) is 6.07 Å². The Morgan fingerprint density at radius 3 is 3.00 bits per heavy atom. The quantitative estimate of drug-likeness (QED) is 0.864. The minimum absolute atomic E-state index is 0.0760. The number of carboxylic acid groups (broad SMARTS) is 1. The molecule has 4 nitrogen and oxygen atoms in total. The number of H-pyrrole nitrogens is 1. The zero-order valence-electron chi connectivity index (χ0n) is 8.75. The SMILES string of the molecule is Cc1cc(Cl)cc2[nH]c(CCC(=O)O)nc12. The van der Waals surface area contributed by atoms with E-state index >= 15 is 0 Å². The minimum Gasteiger partial charge on any atom is -0.481 e. The van der Waals surface area contributed by atoms with Crippen molar-refractivity contribution in [1.29, 1.82) is 0 Å². The lowest BCUT2D eigenvalue weighted by Gasteiger charge is -1.94. The summed E-state index contributed by atoms with van der Waals surface area (Å²) in [5.41, 5.74) is 2.69. The number of aromatic nitrogens is 2. The molecule has 0 fully saturated rings. The second-order valence-corrected chi connectivity index (χ2v) is 4.13.